The third-order valence-corrected chi connectivity index (χ3v) is 3.97. The Morgan fingerprint density at radius 3 is 2.60 bits per heavy atom. The van der Waals surface area contributed by atoms with Crippen molar-refractivity contribution in [3.8, 4) is 0 Å². The zero-order valence-electron chi connectivity index (χ0n) is 13.0. The summed E-state index contributed by atoms with van der Waals surface area (Å²) in [5.74, 6) is 0.185. The van der Waals surface area contributed by atoms with Gasteiger partial charge < -0.3 is 15.8 Å². The molecule has 1 amide bonds. The van der Waals surface area contributed by atoms with Gasteiger partial charge in [-0.1, -0.05) is 26.2 Å². The number of ether oxygens (including phenoxy) is 1. The van der Waals surface area contributed by atoms with Crippen LogP contribution >= 0.6 is 0 Å². The first-order valence-corrected chi connectivity index (χ1v) is 8.36. The summed E-state index contributed by atoms with van der Waals surface area (Å²) in [6, 6.07) is 0.377. The third kappa shape index (κ3) is 8.54. The van der Waals surface area contributed by atoms with E-state index in [2.05, 4.69) is 12.2 Å². The molecule has 0 aliphatic heterocycles. The Balaban J connectivity index is 1.87. The zero-order valence-corrected chi connectivity index (χ0v) is 13.0. The van der Waals surface area contributed by atoms with Crippen LogP contribution in [0.1, 0.15) is 71.1 Å². The Bertz CT molecular complexity index is 251. The molecule has 1 saturated carbocycles. The monoisotopic (exact) mass is 284 g/mol. The molecular weight excluding hydrogens is 252 g/mol. The molecule has 1 rings (SSSR count). The molecule has 3 N–H and O–H groups in total. The SMILES string of the molecule is CCCCCCC(=O)NCCCOC1CCC(N)CC1. The van der Waals surface area contributed by atoms with E-state index in [4.69, 9.17) is 10.5 Å². The molecule has 0 heterocycles. The van der Waals surface area contributed by atoms with Crippen LogP contribution in [0.5, 0.6) is 0 Å². The number of hydrogen-bond donors (Lipinski definition) is 2. The van der Waals surface area contributed by atoms with Gasteiger partial charge >= 0.3 is 0 Å². The highest BCUT2D eigenvalue weighted by molar-refractivity contribution is 5.75. The van der Waals surface area contributed by atoms with E-state index in [-0.39, 0.29) is 5.91 Å². The summed E-state index contributed by atoms with van der Waals surface area (Å²) < 4.78 is 5.82. The van der Waals surface area contributed by atoms with Crippen molar-refractivity contribution < 1.29 is 9.53 Å². The fourth-order valence-electron chi connectivity index (χ4n) is 2.61. The topological polar surface area (TPSA) is 64.3 Å². The minimum absolute atomic E-state index is 0.185. The second-order valence-corrected chi connectivity index (χ2v) is 5.92. The first kappa shape index (κ1) is 17.4. The van der Waals surface area contributed by atoms with E-state index in [0.29, 0.717) is 18.6 Å². The maximum atomic E-state index is 11.5. The van der Waals surface area contributed by atoms with Crippen molar-refractivity contribution in [3.05, 3.63) is 0 Å². The second kappa shape index (κ2) is 11.1. The quantitative estimate of drug-likeness (QED) is 0.606. The van der Waals surface area contributed by atoms with E-state index in [1.54, 1.807) is 0 Å². The molecule has 1 aliphatic carbocycles. The Morgan fingerprint density at radius 1 is 1.15 bits per heavy atom. The molecule has 0 atom stereocenters. The summed E-state index contributed by atoms with van der Waals surface area (Å²) in [5, 5.41) is 2.97. The summed E-state index contributed by atoms with van der Waals surface area (Å²) in [4.78, 5) is 11.5. The van der Waals surface area contributed by atoms with Crippen molar-refractivity contribution in [2.75, 3.05) is 13.2 Å². The highest BCUT2D eigenvalue weighted by Gasteiger charge is 2.18. The molecule has 20 heavy (non-hydrogen) atoms. The molecule has 4 nitrogen and oxygen atoms in total. The van der Waals surface area contributed by atoms with Crippen LogP contribution in [0.3, 0.4) is 0 Å². The average molecular weight is 284 g/mol. The lowest BCUT2D eigenvalue weighted by molar-refractivity contribution is -0.121. The third-order valence-electron chi connectivity index (χ3n) is 3.97. The van der Waals surface area contributed by atoms with Crippen molar-refractivity contribution in [2.24, 2.45) is 5.73 Å². The average Bonchev–Trinajstić information content (AvgIpc) is 2.45. The van der Waals surface area contributed by atoms with Gasteiger partial charge in [-0.2, -0.15) is 0 Å². The van der Waals surface area contributed by atoms with Gasteiger partial charge in [0.05, 0.1) is 6.10 Å². The highest BCUT2D eigenvalue weighted by atomic mass is 16.5. The van der Waals surface area contributed by atoms with Crippen molar-refractivity contribution in [1.29, 1.82) is 0 Å². The van der Waals surface area contributed by atoms with Gasteiger partial charge in [-0.3, -0.25) is 4.79 Å². The predicted octanol–water partition coefficient (Wildman–Crippen LogP) is 2.75. The fourth-order valence-corrected chi connectivity index (χ4v) is 2.61. The molecule has 118 valence electrons. The molecule has 0 bridgehead atoms. The van der Waals surface area contributed by atoms with Gasteiger partial charge in [0.1, 0.15) is 0 Å². The number of amides is 1. The lowest BCUT2D eigenvalue weighted by Gasteiger charge is -2.26. The summed E-state index contributed by atoms with van der Waals surface area (Å²) >= 11 is 0. The number of carbonyl (C=O) groups is 1. The van der Waals surface area contributed by atoms with E-state index >= 15 is 0 Å². The van der Waals surface area contributed by atoms with Crippen molar-refractivity contribution >= 4 is 5.91 Å². The van der Waals surface area contributed by atoms with Crippen LogP contribution in [-0.4, -0.2) is 31.2 Å². The molecule has 0 aromatic heterocycles. The highest BCUT2D eigenvalue weighted by Crippen LogP contribution is 2.19. The lowest BCUT2D eigenvalue weighted by Crippen LogP contribution is -2.31. The van der Waals surface area contributed by atoms with Crippen LogP contribution < -0.4 is 11.1 Å². The number of carbonyl (C=O) groups excluding carboxylic acids is 1. The van der Waals surface area contributed by atoms with Crippen molar-refractivity contribution in [2.45, 2.75) is 83.3 Å². The normalized spacial score (nSPS) is 22.7. The van der Waals surface area contributed by atoms with Crippen LogP contribution in [0.4, 0.5) is 0 Å². The van der Waals surface area contributed by atoms with E-state index in [9.17, 15) is 4.79 Å². The molecule has 1 aliphatic rings. The van der Waals surface area contributed by atoms with Crippen molar-refractivity contribution in [1.82, 2.24) is 5.32 Å². The van der Waals surface area contributed by atoms with Gasteiger partial charge in [0.2, 0.25) is 5.91 Å². The minimum Gasteiger partial charge on any atom is -0.378 e. The van der Waals surface area contributed by atoms with Crippen LogP contribution in [0.15, 0.2) is 0 Å². The van der Waals surface area contributed by atoms with Gasteiger partial charge in [0.25, 0.3) is 0 Å². The lowest BCUT2D eigenvalue weighted by atomic mass is 9.94. The van der Waals surface area contributed by atoms with Gasteiger partial charge in [0.15, 0.2) is 0 Å². The number of rotatable bonds is 10. The standard InChI is InChI=1S/C16H32N2O2/c1-2-3-4-5-7-16(19)18-12-6-13-20-15-10-8-14(17)9-11-15/h14-15H,2-13,17H2,1H3,(H,18,19). The first-order chi connectivity index (χ1) is 9.72. The van der Waals surface area contributed by atoms with E-state index < -0.39 is 0 Å². The first-order valence-electron chi connectivity index (χ1n) is 8.36. The zero-order chi connectivity index (χ0) is 14.6. The molecule has 0 unspecified atom stereocenters. The van der Waals surface area contributed by atoms with E-state index in [1.165, 1.54) is 12.8 Å². The number of unbranched alkanes of at least 4 members (excludes halogenated alkanes) is 3. The van der Waals surface area contributed by atoms with Crippen LogP contribution in [0.25, 0.3) is 0 Å². The summed E-state index contributed by atoms with van der Waals surface area (Å²) in [5.41, 5.74) is 5.86. The second-order valence-electron chi connectivity index (χ2n) is 5.92. The van der Waals surface area contributed by atoms with Gasteiger partial charge in [-0.05, 0) is 38.5 Å². The van der Waals surface area contributed by atoms with Gasteiger partial charge in [0, 0.05) is 25.6 Å². The van der Waals surface area contributed by atoms with E-state index in [0.717, 1.165) is 58.1 Å². The van der Waals surface area contributed by atoms with Crippen LogP contribution in [-0.2, 0) is 9.53 Å². The van der Waals surface area contributed by atoms with Gasteiger partial charge in [-0.15, -0.1) is 0 Å². The molecular formula is C16H32N2O2. The Kier molecular flexibility index (Phi) is 9.67. The van der Waals surface area contributed by atoms with E-state index in [1.807, 2.05) is 0 Å². The maximum Gasteiger partial charge on any atom is 0.219 e. The Morgan fingerprint density at radius 2 is 1.90 bits per heavy atom. The summed E-state index contributed by atoms with van der Waals surface area (Å²) in [7, 11) is 0. The summed E-state index contributed by atoms with van der Waals surface area (Å²) in [6.45, 7) is 3.66. The molecule has 0 aromatic rings. The molecule has 4 heteroatoms. The Labute approximate surface area is 123 Å². The molecule has 0 saturated heterocycles. The molecule has 0 aromatic carbocycles. The molecule has 1 fully saturated rings. The largest absolute Gasteiger partial charge is 0.378 e. The maximum absolute atomic E-state index is 11.5. The van der Waals surface area contributed by atoms with Crippen LogP contribution in [0.2, 0.25) is 0 Å². The molecule has 0 spiro atoms. The fraction of sp³-hybridized carbons (Fsp3) is 0.938. The van der Waals surface area contributed by atoms with Crippen molar-refractivity contribution in [3.63, 3.8) is 0 Å². The molecule has 0 radical (unpaired) electrons. The number of nitrogens with two attached hydrogens (primary N) is 1. The number of nitrogens with one attached hydrogen (secondary N) is 1. The smallest absolute Gasteiger partial charge is 0.219 e. The summed E-state index contributed by atoms with van der Waals surface area (Å²) in [6.07, 6.45) is 10.9. The Hall–Kier alpha value is -0.610. The van der Waals surface area contributed by atoms with Crippen LogP contribution in [0, 0.1) is 0 Å². The minimum atomic E-state index is 0.185. The predicted molar refractivity (Wildman–Crippen MR) is 82.6 cm³/mol. The van der Waals surface area contributed by atoms with Gasteiger partial charge in [-0.25, -0.2) is 0 Å². The number of hydrogen-bond acceptors (Lipinski definition) is 3.